The van der Waals surface area contributed by atoms with E-state index in [2.05, 4.69) is 12.1 Å². The molecule has 0 radical (unpaired) electrons. The molecule has 3 aromatic carbocycles. The van der Waals surface area contributed by atoms with Crippen LogP contribution >= 0.6 is 11.3 Å². The van der Waals surface area contributed by atoms with E-state index in [0.29, 0.717) is 18.7 Å². The van der Waals surface area contributed by atoms with Crippen molar-refractivity contribution in [1.82, 2.24) is 9.80 Å². The molecule has 5 heteroatoms. The highest BCUT2D eigenvalue weighted by Crippen LogP contribution is 2.29. The molecule has 0 aliphatic heterocycles. The number of carbonyl (C=O) groups is 2. The number of thiophene rings is 1. The molecule has 4 nitrogen and oxygen atoms in total. The van der Waals surface area contributed by atoms with Gasteiger partial charge in [-0.2, -0.15) is 0 Å². The van der Waals surface area contributed by atoms with Crippen LogP contribution in [0.15, 0.2) is 102 Å². The van der Waals surface area contributed by atoms with Crippen molar-refractivity contribution < 1.29 is 9.59 Å². The van der Waals surface area contributed by atoms with Gasteiger partial charge in [0.2, 0.25) is 5.91 Å². The van der Waals surface area contributed by atoms with E-state index in [1.165, 1.54) is 0 Å². The monoisotopic (exact) mass is 480 g/mol. The third-order valence-electron chi connectivity index (χ3n) is 6.29. The van der Waals surface area contributed by atoms with Crippen LogP contribution < -0.4 is 0 Å². The lowest BCUT2D eigenvalue weighted by atomic mass is 10.0. The standard InChI is InChI=1S/C30H28N2O2S/c33-29(31(21-28-12-7-19-35-28)20-23-8-3-1-4-9-23)22-32(27-17-18-27)30(34)26-15-13-25(14-16-26)24-10-5-2-6-11-24/h1-16,19,27H,17-18,20-22H2. The number of carbonyl (C=O) groups excluding carboxylic acids is 2. The third-order valence-corrected chi connectivity index (χ3v) is 7.15. The summed E-state index contributed by atoms with van der Waals surface area (Å²) < 4.78 is 0. The summed E-state index contributed by atoms with van der Waals surface area (Å²) in [6.07, 6.45) is 1.90. The fourth-order valence-corrected chi connectivity index (χ4v) is 4.95. The summed E-state index contributed by atoms with van der Waals surface area (Å²) in [5.41, 5.74) is 3.89. The van der Waals surface area contributed by atoms with Gasteiger partial charge in [0, 0.05) is 23.0 Å². The van der Waals surface area contributed by atoms with E-state index < -0.39 is 0 Å². The summed E-state index contributed by atoms with van der Waals surface area (Å²) in [4.78, 5) is 31.8. The molecule has 4 aromatic rings. The molecule has 1 heterocycles. The summed E-state index contributed by atoms with van der Waals surface area (Å²) in [6.45, 7) is 1.17. The van der Waals surface area contributed by atoms with Gasteiger partial charge in [0.05, 0.1) is 6.54 Å². The predicted molar refractivity (Wildman–Crippen MR) is 141 cm³/mol. The SMILES string of the molecule is O=C(CN(C(=O)c1ccc(-c2ccccc2)cc1)C1CC1)N(Cc1ccccc1)Cc1cccs1. The molecule has 0 bridgehead atoms. The van der Waals surface area contributed by atoms with Crippen molar-refractivity contribution in [2.45, 2.75) is 32.0 Å². The lowest BCUT2D eigenvalue weighted by Gasteiger charge is -2.28. The molecule has 5 rings (SSSR count). The van der Waals surface area contributed by atoms with Crippen molar-refractivity contribution in [2.24, 2.45) is 0 Å². The summed E-state index contributed by atoms with van der Waals surface area (Å²) >= 11 is 1.64. The number of amides is 2. The second kappa shape index (κ2) is 10.7. The molecular weight excluding hydrogens is 452 g/mol. The van der Waals surface area contributed by atoms with E-state index in [9.17, 15) is 9.59 Å². The zero-order valence-electron chi connectivity index (χ0n) is 19.5. The minimum atomic E-state index is -0.0729. The van der Waals surface area contributed by atoms with Crippen LogP contribution in [0.4, 0.5) is 0 Å². The first-order chi connectivity index (χ1) is 17.2. The van der Waals surface area contributed by atoms with Gasteiger partial charge in [-0.3, -0.25) is 9.59 Å². The molecule has 0 spiro atoms. The number of hydrogen-bond donors (Lipinski definition) is 0. The van der Waals surface area contributed by atoms with Crippen molar-refractivity contribution in [3.05, 3.63) is 118 Å². The molecule has 35 heavy (non-hydrogen) atoms. The zero-order valence-corrected chi connectivity index (χ0v) is 20.4. The number of nitrogens with zero attached hydrogens (tertiary/aromatic N) is 2. The van der Waals surface area contributed by atoms with Crippen molar-refractivity contribution >= 4 is 23.2 Å². The van der Waals surface area contributed by atoms with E-state index in [4.69, 9.17) is 0 Å². The van der Waals surface area contributed by atoms with E-state index in [-0.39, 0.29) is 24.4 Å². The van der Waals surface area contributed by atoms with Gasteiger partial charge < -0.3 is 9.80 Å². The zero-order chi connectivity index (χ0) is 24.0. The van der Waals surface area contributed by atoms with Gasteiger partial charge in [-0.1, -0.05) is 78.9 Å². The fraction of sp³-hybridized carbons (Fsp3) is 0.200. The van der Waals surface area contributed by atoms with E-state index in [1.807, 2.05) is 95.2 Å². The Morgan fingerprint density at radius 2 is 1.40 bits per heavy atom. The molecule has 1 saturated carbocycles. The number of rotatable bonds is 9. The smallest absolute Gasteiger partial charge is 0.254 e. The second-order valence-corrected chi connectivity index (χ2v) is 9.95. The largest absolute Gasteiger partial charge is 0.332 e. The Kier molecular flexibility index (Phi) is 7.05. The van der Waals surface area contributed by atoms with Crippen molar-refractivity contribution in [2.75, 3.05) is 6.54 Å². The minimum Gasteiger partial charge on any atom is -0.332 e. The van der Waals surface area contributed by atoms with Gasteiger partial charge in [-0.05, 0) is 53.1 Å². The van der Waals surface area contributed by atoms with Crippen LogP contribution in [0.1, 0.15) is 33.6 Å². The van der Waals surface area contributed by atoms with Crippen LogP contribution in [0.2, 0.25) is 0 Å². The molecule has 176 valence electrons. The van der Waals surface area contributed by atoms with Crippen molar-refractivity contribution in [3.63, 3.8) is 0 Å². The minimum absolute atomic E-state index is 0.0246. The molecule has 0 atom stereocenters. The van der Waals surface area contributed by atoms with Crippen molar-refractivity contribution in [3.8, 4) is 11.1 Å². The first-order valence-corrected chi connectivity index (χ1v) is 12.9. The first-order valence-electron chi connectivity index (χ1n) is 12.0. The Morgan fingerprint density at radius 3 is 2.03 bits per heavy atom. The van der Waals surface area contributed by atoms with Crippen LogP contribution in [-0.4, -0.2) is 34.2 Å². The molecular formula is C30H28N2O2S. The van der Waals surface area contributed by atoms with Gasteiger partial charge >= 0.3 is 0 Å². The van der Waals surface area contributed by atoms with Gasteiger partial charge in [-0.15, -0.1) is 11.3 Å². The maximum Gasteiger partial charge on any atom is 0.254 e. The predicted octanol–water partition coefficient (Wildman–Crippen LogP) is 6.25. The van der Waals surface area contributed by atoms with Gasteiger partial charge in [0.15, 0.2) is 0 Å². The van der Waals surface area contributed by atoms with E-state index in [1.54, 1.807) is 16.2 Å². The quantitative estimate of drug-likeness (QED) is 0.284. The number of benzene rings is 3. The van der Waals surface area contributed by atoms with Gasteiger partial charge in [-0.25, -0.2) is 0 Å². The molecule has 1 fully saturated rings. The van der Waals surface area contributed by atoms with E-state index >= 15 is 0 Å². The normalized spacial score (nSPS) is 12.8. The molecule has 0 saturated heterocycles. The highest BCUT2D eigenvalue weighted by Gasteiger charge is 2.35. The molecule has 1 aromatic heterocycles. The summed E-state index contributed by atoms with van der Waals surface area (Å²) in [6, 6.07) is 32.0. The summed E-state index contributed by atoms with van der Waals surface area (Å²) in [7, 11) is 0. The fourth-order valence-electron chi connectivity index (χ4n) is 4.23. The second-order valence-electron chi connectivity index (χ2n) is 8.92. The van der Waals surface area contributed by atoms with Crippen LogP contribution in [-0.2, 0) is 17.9 Å². The Bertz CT molecular complexity index is 1250. The van der Waals surface area contributed by atoms with E-state index in [0.717, 1.165) is 34.4 Å². The van der Waals surface area contributed by atoms with Crippen molar-refractivity contribution in [1.29, 1.82) is 0 Å². The molecule has 1 aliphatic carbocycles. The Labute approximate surface area is 210 Å². The average molecular weight is 481 g/mol. The van der Waals surface area contributed by atoms with Crippen LogP contribution in [0, 0.1) is 0 Å². The lowest BCUT2D eigenvalue weighted by Crippen LogP contribution is -2.43. The van der Waals surface area contributed by atoms with Crippen LogP contribution in [0.25, 0.3) is 11.1 Å². The lowest BCUT2D eigenvalue weighted by molar-refractivity contribution is -0.133. The maximum absolute atomic E-state index is 13.5. The topological polar surface area (TPSA) is 40.6 Å². The number of hydrogen-bond acceptors (Lipinski definition) is 3. The third kappa shape index (κ3) is 5.87. The highest BCUT2D eigenvalue weighted by molar-refractivity contribution is 7.09. The average Bonchev–Trinajstić information content (AvgIpc) is 3.62. The van der Waals surface area contributed by atoms with Crippen LogP contribution in [0.3, 0.4) is 0 Å². The summed E-state index contributed by atoms with van der Waals surface area (Å²) in [5, 5.41) is 2.03. The molecule has 1 aliphatic rings. The molecule has 0 N–H and O–H groups in total. The Hall–Kier alpha value is -3.70. The maximum atomic E-state index is 13.5. The summed E-state index contributed by atoms with van der Waals surface area (Å²) in [5.74, 6) is -0.0975. The first kappa shape index (κ1) is 23.1. The Morgan fingerprint density at radius 1 is 0.743 bits per heavy atom. The van der Waals surface area contributed by atoms with Crippen LogP contribution in [0.5, 0.6) is 0 Å². The van der Waals surface area contributed by atoms with Gasteiger partial charge in [0.25, 0.3) is 5.91 Å². The van der Waals surface area contributed by atoms with Gasteiger partial charge in [0.1, 0.15) is 6.54 Å². The molecule has 0 unspecified atom stereocenters. The highest BCUT2D eigenvalue weighted by atomic mass is 32.1. The Balaban J connectivity index is 1.32. The molecule has 2 amide bonds.